The van der Waals surface area contributed by atoms with Crippen LogP contribution < -0.4 is 0 Å². The standard InChI is InChI=1S/4B.Zr. The third-order valence-corrected chi connectivity index (χ3v) is 0. The maximum atomic E-state index is 4.90. The zero-order valence-corrected chi connectivity index (χ0v) is 5.27. The normalized spacial score (nSPS) is 16.0. The monoisotopic (exact) mass is 134 g/mol. The van der Waals surface area contributed by atoms with Crippen molar-refractivity contribution in [1.29, 1.82) is 0 Å². The summed E-state index contributed by atoms with van der Waals surface area (Å²) in [5, 5.41) is 0. The van der Waals surface area contributed by atoms with E-state index in [0.717, 1.165) is 0 Å². The van der Waals surface area contributed by atoms with Crippen molar-refractivity contribution in [3.63, 3.8) is 0 Å². The van der Waals surface area contributed by atoms with Crippen molar-refractivity contribution in [2.45, 2.75) is 0 Å². The van der Waals surface area contributed by atoms with Gasteiger partial charge < -0.3 is 0 Å². The number of hydrogen-bond acceptors (Lipinski definition) is 0. The Balaban J connectivity index is 9.07. The molecule has 5 heteroatoms. The summed E-state index contributed by atoms with van der Waals surface area (Å²) >= 11 is -3.18. The van der Waals surface area contributed by atoms with Crippen molar-refractivity contribution >= 4 is 18.9 Å². The first-order chi connectivity index (χ1) is 2.00. The molecule has 0 aliphatic carbocycles. The summed E-state index contributed by atoms with van der Waals surface area (Å²) in [4.78, 5) is 0. The maximum absolute atomic E-state index is 4.90. The van der Waals surface area contributed by atoms with E-state index < -0.39 is 16.5 Å². The van der Waals surface area contributed by atoms with Crippen molar-refractivity contribution in [2.75, 3.05) is 0 Å². The van der Waals surface area contributed by atoms with Crippen molar-refractivity contribution < 1.29 is 16.5 Å². The Morgan fingerprint density at radius 3 is 0.800 bits per heavy atom. The minimum absolute atomic E-state index is 3.18. The molecule has 0 spiro atoms. The fourth-order valence-corrected chi connectivity index (χ4v) is 0. The van der Waals surface area contributed by atoms with Gasteiger partial charge in [-0.1, -0.05) is 0 Å². The molecule has 0 amide bonds. The van der Waals surface area contributed by atoms with Crippen LogP contribution >= 0.6 is 0 Å². The van der Waals surface area contributed by atoms with Gasteiger partial charge in [-0.3, -0.25) is 0 Å². The van der Waals surface area contributed by atoms with E-state index in [1.54, 1.807) is 0 Å². The molecule has 0 bridgehead atoms. The van der Waals surface area contributed by atoms with Crippen LogP contribution in [0.3, 0.4) is 0 Å². The summed E-state index contributed by atoms with van der Waals surface area (Å²) in [5.41, 5.74) is 0. The molecule has 0 rings (SSSR count). The fourth-order valence-electron chi connectivity index (χ4n) is 0. The van der Waals surface area contributed by atoms with E-state index in [2.05, 4.69) is 0 Å². The quantitative estimate of drug-likeness (QED) is 0.353. The van der Waals surface area contributed by atoms with Crippen molar-refractivity contribution in [3.05, 3.63) is 0 Å². The van der Waals surface area contributed by atoms with Crippen LogP contribution in [0.4, 0.5) is 0 Å². The Morgan fingerprint density at radius 2 is 0.800 bits per heavy atom. The first-order valence-corrected chi connectivity index (χ1v) is 6.83. The molecule has 16 valence electrons. The predicted octanol–water partition coefficient (Wildman–Crippen LogP) is -1.53. The van der Waals surface area contributed by atoms with Gasteiger partial charge in [0.15, 0.2) is 0 Å². The molecular weight excluding hydrogens is 134 g/mol. The van der Waals surface area contributed by atoms with E-state index in [4.69, 9.17) is 18.9 Å². The predicted molar refractivity (Wildman–Crippen MR) is 23.0 cm³/mol. The van der Waals surface area contributed by atoms with Crippen LogP contribution in [0.1, 0.15) is 0 Å². The fraction of sp³-hybridized carbons (Fsp3) is 0. The molecule has 0 aromatic heterocycles. The van der Waals surface area contributed by atoms with E-state index in [-0.39, 0.29) is 0 Å². The second-order valence-corrected chi connectivity index (χ2v) is 5.92. The van der Waals surface area contributed by atoms with Crippen LogP contribution in [0.5, 0.6) is 0 Å². The van der Waals surface area contributed by atoms with Gasteiger partial charge in [0.1, 0.15) is 0 Å². The van der Waals surface area contributed by atoms with E-state index in [1.165, 1.54) is 0 Å². The molecule has 0 fully saturated rings. The molecule has 0 N–H and O–H groups in total. The average Bonchev–Trinajstić information content (AvgIpc) is 0.722. The molecule has 0 saturated heterocycles. The molecule has 0 saturated carbocycles. The molecule has 0 unspecified atom stereocenters. The zero-order valence-electron chi connectivity index (χ0n) is 2.81. The van der Waals surface area contributed by atoms with Crippen LogP contribution in [0.15, 0.2) is 0 Å². The summed E-state index contributed by atoms with van der Waals surface area (Å²) in [6, 6.07) is 0. The Morgan fingerprint density at radius 1 is 0.800 bits per heavy atom. The van der Waals surface area contributed by atoms with Gasteiger partial charge in [-0.15, -0.1) is 0 Å². The van der Waals surface area contributed by atoms with E-state index in [9.17, 15) is 0 Å². The van der Waals surface area contributed by atoms with Crippen LogP contribution in [0.25, 0.3) is 0 Å². The summed E-state index contributed by atoms with van der Waals surface area (Å²) < 4.78 is 19.6. The van der Waals surface area contributed by atoms with E-state index >= 15 is 0 Å². The van der Waals surface area contributed by atoms with Crippen molar-refractivity contribution in [2.24, 2.45) is 0 Å². The SMILES string of the molecule is [B]#[Zr](#[B])(#[B])#[B]. The van der Waals surface area contributed by atoms with Gasteiger partial charge in [0, 0.05) is 0 Å². The second kappa shape index (κ2) is 1.73. The zero-order chi connectivity index (χ0) is 4.50. The Hall–Kier alpha value is 1.14. The van der Waals surface area contributed by atoms with Crippen LogP contribution in [-0.4, -0.2) is 18.9 Å². The number of rotatable bonds is 0. The molecule has 5 heavy (non-hydrogen) atoms. The molecule has 0 aromatic rings. The summed E-state index contributed by atoms with van der Waals surface area (Å²) in [6.07, 6.45) is 0. The molecule has 0 aliphatic heterocycles. The molecule has 0 aromatic carbocycles. The third-order valence-electron chi connectivity index (χ3n) is 0. The molecule has 0 aliphatic rings. The van der Waals surface area contributed by atoms with Crippen molar-refractivity contribution in [3.8, 4) is 0 Å². The molecule has 0 radical (unpaired) electrons. The van der Waals surface area contributed by atoms with Gasteiger partial charge in [-0.05, 0) is 0 Å². The minimum atomic E-state index is -3.18. The van der Waals surface area contributed by atoms with Gasteiger partial charge in [-0.25, -0.2) is 0 Å². The van der Waals surface area contributed by atoms with E-state index in [0.29, 0.717) is 0 Å². The van der Waals surface area contributed by atoms with Crippen molar-refractivity contribution in [1.82, 2.24) is 0 Å². The van der Waals surface area contributed by atoms with Gasteiger partial charge in [0.2, 0.25) is 0 Å². The summed E-state index contributed by atoms with van der Waals surface area (Å²) in [5.74, 6) is 0. The Kier molecular flexibility index (Phi) is 2.13. The van der Waals surface area contributed by atoms with Crippen LogP contribution in [0.2, 0.25) is 0 Å². The van der Waals surface area contributed by atoms with Gasteiger partial charge in [-0.2, -0.15) is 0 Å². The van der Waals surface area contributed by atoms with Gasteiger partial charge >= 0.3 is 35.4 Å². The average molecular weight is 134 g/mol. The second-order valence-electron chi connectivity index (χ2n) is 1.00. The summed E-state index contributed by atoms with van der Waals surface area (Å²) in [6.45, 7) is 0. The van der Waals surface area contributed by atoms with Gasteiger partial charge in [0.05, 0.1) is 0 Å². The van der Waals surface area contributed by atoms with Gasteiger partial charge in [0.25, 0.3) is 0 Å². The Bertz CT molecular complexity index is 448. The Labute approximate surface area is 35.4 Å². The first-order valence-electron chi connectivity index (χ1n) is 1.15. The molecule has 0 atom stereocenters. The molecule has 0 nitrogen and oxygen atoms in total. The first kappa shape index (κ1) is 6.14. The number of hydrogen-bond donors (Lipinski definition) is 0. The molecule has 0 heterocycles. The third kappa shape index (κ3) is 38.9. The van der Waals surface area contributed by atoms with Crippen LogP contribution in [0, 0.1) is 0 Å². The summed E-state index contributed by atoms with van der Waals surface area (Å²) in [7, 11) is 0. The molecular formula is B4Zr. The van der Waals surface area contributed by atoms with Crippen LogP contribution in [-0.2, 0) is 16.5 Å². The topological polar surface area (TPSA) is 0 Å². The van der Waals surface area contributed by atoms with E-state index in [1.807, 2.05) is 0 Å².